The quantitative estimate of drug-likeness (QED) is 0.412. The monoisotopic (exact) mass is 327 g/mol. The fraction of sp³-hybridized carbons (Fsp3) is 0. The normalized spacial score (nSPS) is 7.20. The van der Waals surface area contributed by atoms with Gasteiger partial charge in [0.1, 0.15) is 0 Å². The van der Waals surface area contributed by atoms with Crippen molar-refractivity contribution in [1.82, 2.24) is 0 Å². The van der Waals surface area contributed by atoms with E-state index in [0.717, 1.165) is 49.3 Å². The van der Waals surface area contributed by atoms with Gasteiger partial charge in [-0.05, 0) is 0 Å². The zero-order valence-corrected chi connectivity index (χ0v) is 11.6. The molecule has 0 saturated heterocycles. The molecule has 0 aliphatic heterocycles. The van der Waals surface area contributed by atoms with E-state index in [2.05, 4.69) is 6.20 Å². The van der Waals surface area contributed by atoms with E-state index in [9.17, 15) is 0 Å². The third kappa shape index (κ3) is 10.7. The molecule has 0 bridgehead atoms. The van der Waals surface area contributed by atoms with E-state index in [1.807, 2.05) is 0 Å². The Bertz CT molecular complexity index is 22.8. The summed E-state index contributed by atoms with van der Waals surface area (Å²) in [5.74, 6) is 0. The van der Waals surface area contributed by atoms with Crippen molar-refractivity contribution < 1.29 is 0 Å². The van der Waals surface area contributed by atoms with Crippen molar-refractivity contribution in [2.75, 3.05) is 0 Å². The van der Waals surface area contributed by atoms with E-state index >= 15 is 0 Å². The van der Waals surface area contributed by atoms with Crippen LogP contribution in [0, 0.1) is 0 Å². The summed E-state index contributed by atoms with van der Waals surface area (Å²) in [5.41, 5.74) is 0. The van der Waals surface area contributed by atoms with Crippen LogP contribution in [0.25, 0.3) is 0 Å². The molecule has 2 nitrogen and oxygen atoms in total. The predicted octanol–water partition coefficient (Wildman–Crippen LogP) is -0.775. The molecule has 0 aromatic heterocycles. The first-order valence-electron chi connectivity index (χ1n) is 0.716. The molecule has 0 rings (SSSR count). The molecule has 0 aliphatic rings. The summed E-state index contributed by atoms with van der Waals surface area (Å²) in [6, 6.07) is 0. The average molecular weight is 327 g/mol. The van der Waals surface area contributed by atoms with Crippen LogP contribution in [0.1, 0.15) is 0 Å². The van der Waals surface area contributed by atoms with E-state index in [1.54, 1.807) is 0 Å². The molecule has 0 saturated carbocycles. The van der Waals surface area contributed by atoms with Crippen LogP contribution in [0.4, 0.5) is 0 Å². The molecule has 0 fully saturated rings. The third-order valence-corrected chi connectivity index (χ3v) is 3.00. The molecular weight excluding hydrogens is 327 g/mol. The van der Waals surface area contributed by atoms with Gasteiger partial charge >= 0.3 is 55.5 Å². The summed E-state index contributed by atoms with van der Waals surface area (Å²) in [4.78, 5) is 0. The van der Waals surface area contributed by atoms with Crippen molar-refractivity contribution in [3.8, 4) is 0 Å². The van der Waals surface area contributed by atoms with Gasteiger partial charge < -0.3 is 0 Å². The topological polar surface area (TPSA) is 24.7 Å². The molecule has 7 radical (unpaired) electrons. The van der Waals surface area contributed by atoms with Crippen molar-refractivity contribution in [1.29, 1.82) is 0 Å². The maximum absolute atomic E-state index is 3.55. The zero-order valence-electron chi connectivity index (χ0n) is 2.63. The maximum atomic E-state index is 3.55. The van der Waals surface area contributed by atoms with Crippen molar-refractivity contribution >= 4 is 69.1 Å². The molecule has 5 heavy (non-hydrogen) atoms. The van der Waals surface area contributed by atoms with E-state index in [0.29, 0.717) is 0 Å². The minimum absolute atomic E-state index is 0. The number of rotatable bonds is 0. The van der Waals surface area contributed by atoms with E-state index in [4.69, 9.17) is 0 Å². The first-order chi connectivity index (χ1) is 1.91. The van der Waals surface area contributed by atoms with Crippen LogP contribution in [0.5, 0.6) is 0 Å². The van der Waals surface area contributed by atoms with Crippen LogP contribution in [0.15, 0.2) is 6.20 Å². The molecule has 0 aliphatic carbocycles. The van der Waals surface area contributed by atoms with Crippen molar-refractivity contribution in [2.45, 2.75) is 0 Å². The van der Waals surface area contributed by atoms with Crippen LogP contribution in [0.3, 0.4) is 0 Å². The second kappa shape index (κ2) is 9.36. The van der Waals surface area contributed by atoms with Gasteiger partial charge in [-0.25, -0.2) is 0 Å². The van der Waals surface area contributed by atoms with Gasteiger partial charge in [0.05, 0.1) is 0 Å². The Labute approximate surface area is 74.2 Å². The molecule has 0 aromatic rings. The Morgan fingerprint density at radius 2 is 1.20 bits per heavy atom. The summed E-state index contributed by atoms with van der Waals surface area (Å²) in [6.45, 7) is 0. The molecule has 0 atom stereocenters. The van der Waals surface area contributed by atoms with E-state index < -0.39 is 0 Å². The van der Waals surface area contributed by atoms with Gasteiger partial charge in [-0.3, -0.25) is 0 Å². The number of nitrogens with zero attached hydrogens (tertiary/aromatic N) is 2. The van der Waals surface area contributed by atoms with Gasteiger partial charge in [-0.15, -0.1) is 0 Å². The van der Waals surface area contributed by atoms with Crippen molar-refractivity contribution in [3.63, 3.8) is 0 Å². The van der Waals surface area contributed by atoms with Crippen LogP contribution >= 0.6 is 0 Å². The molecule has 0 heterocycles. The second-order valence-corrected chi connectivity index (χ2v) is 1.55. The van der Waals surface area contributed by atoms with Crippen molar-refractivity contribution in [2.24, 2.45) is 6.20 Å². The Morgan fingerprint density at radius 1 is 1.00 bits per heavy atom. The summed E-state index contributed by atoms with van der Waals surface area (Å²) in [6.07, 6.45) is 0. The van der Waals surface area contributed by atoms with Crippen LogP contribution in [-0.4, -0.2) is 69.1 Å². The van der Waals surface area contributed by atoms with Crippen LogP contribution < -0.4 is 0 Å². The Hall–Kier alpha value is 1.98. The van der Waals surface area contributed by atoms with Gasteiger partial charge in [0.25, 0.3) is 0 Å². The first-order valence-corrected chi connectivity index (χ1v) is 3.66. The molecular formula is GaIn2N2. The molecule has 0 aromatic carbocycles. The summed E-state index contributed by atoms with van der Waals surface area (Å²) in [5, 5.41) is 0. The fourth-order valence-corrected chi connectivity index (χ4v) is 0. The van der Waals surface area contributed by atoms with E-state index in [1.165, 1.54) is 0 Å². The average Bonchev–Trinajstić information content (AvgIpc) is 1.37. The minimum atomic E-state index is 0. The van der Waals surface area contributed by atoms with Gasteiger partial charge in [0.2, 0.25) is 0 Å². The van der Waals surface area contributed by atoms with Crippen LogP contribution in [-0.2, 0) is 0 Å². The van der Waals surface area contributed by atoms with Gasteiger partial charge in [-0.1, -0.05) is 0 Å². The third-order valence-electron chi connectivity index (χ3n) is 0.0667. The molecule has 0 amide bonds. The SMILES string of the molecule is [Ga].[In][N]=[N][In]. The zero-order chi connectivity index (χ0) is 3.41. The number of hydrogen-bond donors (Lipinski definition) is 0. The summed E-state index contributed by atoms with van der Waals surface area (Å²) < 4.78 is 7.10. The number of hydrogen-bond acceptors (Lipinski definition) is 2. The van der Waals surface area contributed by atoms with Crippen molar-refractivity contribution in [3.05, 3.63) is 0 Å². The standard InChI is InChI=1S/Ga.2In.N2/c;;;1-2/q;2*+1;-2. The van der Waals surface area contributed by atoms with E-state index in [-0.39, 0.29) is 19.8 Å². The first kappa shape index (κ1) is 10.1. The second-order valence-electron chi connectivity index (χ2n) is 0.231. The molecule has 5 heteroatoms. The Morgan fingerprint density at radius 3 is 1.20 bits per heavy atom. The Balaban J connectivity index is 0. The molecule has 19 valence electrons. The molecule has 0 spiro atoms. The summed E-state index contributed by atoms with van der Waals surface area (Å²) >= 11 is 1.86. The summed E-state index contributed by atoms with van der Waals surface area (Å²) in [7, 11) is 0. The fourth-order valence-electron chi connectivity index (χ4n) is 0. The predicted molar refractivity (Wildman–Crippen MR) is 22.1 cm³/mol. The van der Waals surface area contributed by atoms with Gasteiger partial charge in [0, 0.05) is 19.8 Å². The molecule has 0 N–H and O–H groups in total. The molecule has 0 unspecified atom stereocenters. The Kier molecular flexibility index (Phi) is 18.8. The van der Waals surface area contributed by atoms with Crippen LogP contribution in [0.2, 0.25) is 0 Å². The van der Waals surface area contributed by atoms with Gasteiger partial charge in [0.15, 0.2) is 0 Å². The van der Waals surface area contributed by atoms with Gasteiger partial charge in [-0.2, -0.15) is 0 Å².